The minimum atomic E-state index is -1.45. The molecule has 1 unspecified atom stereocenters. The molecule has 2 spiro atoms. The lowest BCUT2D eigenvalue weighted by Gasteiger charge is -2.70. The zero-order chi connectivity index (χ0) is 37.4. The van der Waals surface area contributed by atoms with Crippen LogP contribution < -0.4 is 0 Å². The molecule has 8 fully saturated rings. The van der Waals surface area contributed by atoms with E-state index in [-0.39, 0.29) is 46.4 Å². The van der Waals surface area contributed by atoms with E-state index in [2.05, 4.69) is 47.6 Å². The molecule has 8 rings (SSSR count). The van der Waals surface area contributed by atoms with Crippen molar-refractivity contribution >= 4 is 0 Å². The second-order valence-electron chi connectivity index (χ2n) is 19.7. The average Bonchev–Trinajstić information content (AvgIpc) is 3.67. The van der Waals surface area contributed by atoms with E-state index in [0.29, 0.717) is 30.8 Å². The van der Waals surface area contributed by atoms with E-state index in [0.717, 1.165) is 44.9 Å². The van der Waals surface area contributed by atoms with Crippen LogP contribution in [0, 0.1) is 45.3 Å². The molecule has 0 aromatic carbocycles. The minimum Gasteiger partial charge on any atom is -0.394 e. The molecule has 0 radical (unpaired) electrons. The van der Waals surface area contributed by atoms with Crippen LogP contribution in [0.2, 0.25) is 0 Å². The van der Waals surface area contributed by atoms with Crippen molar-refractivity contribution in [3.05, 3.63) is 11.6 Å². The third-order valence-corrected chi connectivity index (χ3v) is 16.3. The van der Waals surface area contributed by atoms with Crippen LogP contribution in [0.15, 0.2) is 11.6 Å². The number of rotatable bonds is 6. The van der Waals surface area contributed by atoms with Gasteiger partial charge in [0.2, 0.25) is 0 Å². The van der Waals surface area contributed by atoms with Crippen LogP contribution in [0.5, 0.6) is 0 Å². The van der Waals surface area contributed by atoms with E-state index in [1.54, 1.807) is 0 Å². The smallest absolute Gasteiger partial charge is 0.187 e. The third kappa shape index (κ3) is 5.29. The number of aliphatic hydroxyl groups excluding tert-OH is 5. The van der Waals surface area contributed by atoms with Crippen molar-refractivity contribution in [3.63, 3.8) is 0 Å². The summed E-state index contributed by atoms with van der Waals surface area (Å²) in [5.74, 6) is 0.373. The summed E-state index contributed by atoms with van der Waals surface area (Å²) in [7, 11) is 0. The fourth-order valence-electron chi connectivity index (χ4n) is 14.2. The molecule has 296 valence electrons. The zero-order valence-corrected chi connectivity index (χ0v) is 32.1. The highest BCUT2D eigenvalue weighted by Crippen LogP contribution is 2.80. The van der Waals surface area contributed by atoms with E-state index in [1.165, 1.54) is 5.57 Å². The largest absolute Gasteiger partial charge is 0.394 e. The maximum absolute atomic E-state index is 12.1. The molecule has 4 aliphatic heterocycles. The highest BCUT2D eigenvalue weighted by atomic mass is 16.7. The molecule has 12 nitrogen and oxygen atoms in total. The Morgan fingerprint density at radius 1 is 0.865 bits per heavy atom. The van der Waals surface area contributed by atoms with Gasteiger partial charge in [-0.1, -0.05) is 39.3 Å². The highest BCUT2D eigenvalue weighted by Gasteiger charge is 2.80. The van der Waals surface area contributed by atoms with Gasteiger partial charge in [-0.2, -0.15) is 0 Å². The summed E-state index contributed by atoms with van der Waals surface area (Å²) < 4.78 is 37.6. The molecule has 4 saturated heterocycles. The molecular weight excluding hydrogens is 672 g/mol. The summed E-state index contributed by atoms with van der Waals surface area (Å²) in [5, 5.41) is 64.3. The summed E-state index contributed by atoms with van der Waals surface area (Å²) in [6, 6.07) is 0. The quantitative estimate of drug-likeness (QED) is 0.174. The van der Waals surface area contributed by atoms with Crippen LogP contribution in [0.4, 0.5) is 0 Å². The topological polar surface area (TPSA) is 177 Å². The molecule has 4 saturated carbocycles. The van der Waals surface area contributed by atoms with Gasteiger partial charge in [0.05, 0.1) is 37.6 Å². The van der Waals surface area contributed by atoms with E-state index in [1.807, 2.05) is 6.92 Å². The van der Waals surface area contributed by atoms with Gasteiger partial charge in [0.25, 0.3) is 0 Å². The van der Waals surface area contributed by atoms with Crippen molar-refractivity contribution in [3.8, 4) is 0 Å². The van der Waals surface area contributed by atoms with Crippen LogP contribution in [0.3, 0.4) is 0 Å². The first-order valence-electron chi connectivity index (χ1n) is 19.9. The highest BCUT2D eigenvalue weighted by molar-refractivity contribution is 5.26. The third-order valence-electron chi connectivity index (χ3n) is 16.3. The summed E-state index contributed by atoms with van der Waals surface area (Å²) in [4.78, 5) is 0. The minimum absolute atomic E-state index is 0.0239. The predicted molar refractivity (Wildman–Crippen MR) is 186 cm³/mol. The molecule has 4 aliphatic carbocycles. The van der Waals surface area contributed by atoms with Crippen molar-refractivity contribution in [2.75, 3.05) is 19.8 Å². The number of hydrogen-bond acceptors (Lipinski definition) is 12. The van der Waals surface area contributed by atoms with Crippen LogP contribution in [0.25, 0.3) is 0 Å². The van der Waals surface area contributed by atoms with Crippen LogP contribution in [0.1, 0.15) is 99.8 Å². The molecule has 0 aromatic rings. The van der Waals surface area contributed by atoms with Gasteiger partial charge >= 0.3 is 0 Å². The Labute approximate surface area is 308 Å². The first-order chi connectivity index (χ1) is 24.3. The average molecular weight is 737 g/mol. The Balaban J connectivity index is 0.999. The Morgan fingerprint density at radius 2 is 1.62 bits per heavy atom. The van der Waals surface area contributed by atoms with E-state index in [9.17, 15) is 30.6 Å². The molecule has 4 heterocycles. The SMILES string of the molecule is CC(C)=C[C@H]1C[C@](C)(O)[C@@H]2[C@H]3CC[C@@H]4[C@@]5(C)CC[C@@H](O[C@@H]6OC[C@H](O)[C@H](O[C@@H]7O[C@@H](CO)[C@H](O)[C@H]7O)[C@H]6O)C(C)(C)C5CC[C@@]4(C)[C@@]34CO[C@]2(C4)O1. The maximum atomic E-state index is 12.1. The lowest BCUT2D eigenvalue weighted by molar-refractivity contribution is -0.343. The predicted octanol–water partition coefficient (Wildman–Crippen LogP) is 2.78. The van der Waals surface area contributed by atoms with Gasteiger partial charge < -0.3 is 59.1 Å². The molecule has 12 heteroatoms. The van der Waals surface area contributed by atoms with Crippen molar-refractivity contribution in [1.29, 1.82) is 0 Å². The summed E-state index contributed by atoms with van der Waals surface area (Å²) >= 11 is 0. The summed E-state index contributed by atoms with van der Waals surface area (Å²) in [6.45, 7) is 15.8. The monoisotopic (exact) mass is 736 g/mol. The zero-order valence-electron chi connectivity index (χ0n) is 32.1. The molecule has 19 atom stereocenters. The first kappa shape index (κ1) is 38.1. The fourth-order valence-corrected chi connectivity index (χ4v) is 14.2. The second kappa shape index (κ2) is 12.6. The van der Waals surface area contributed by atoms with Gasteiger partial charge in [0.1, 0.15) is 36.6 Å². The van der Waals surface area contributed by atoms with Gasteiger partial charge in [0.15, 0.2) is 18.4 Å². The van der Waals surface area contributed by atoms with Gasteiger partial charge in [0, 0.05) is 24.2 Å². The van der Waals surface area contributed by atoms with Crippen molar-refractivity contribution in [1.82, 2.24) is 0 Å². The fraction of sp³-hybridized carbons (Fsp3) is 0.950. The molecule has 8 aliphatic rings. The van der Waals surface area contributed by atoms with E-state index < -0.39 is 67.2 Å². The number of hydrogen-bond donors (Lipinski definition) is 6. The molecule has 2 bridgehead atoms. The van der Waals surface area contributed by atoms with Gasteiger partial charge in [-0.05, 0) is 93.3 Å². The van der Waals surface area contributed by atoms with Gasteiger partial charge in [-0.3, -0.25) is 0 Å². The van der Waals surface area contributed by atoms with Crippen LogP contribution in [-0.4, -0.2) is 123 Å². The first-order valence-corrected chi connectivity index (χ1v) is 19.9. The number of allylic oxidation sites excluding steroid dienone is 1. The number of aliphatic hydroxyl groups is 6. The second-order valence-corrected chi connectivity index (χ2v) is 19.7. The standard InChI is InChI=1S/C40H64O12/c1-20(2)14-21-15-38(7,46)32-22-8-9-26-36(5)12-11-27(35(3,4)25(36)10-13-37(26,6)39(22)18-40(32,52-21)48-19-39)50-33-30(45)31(23(42)17-47-33)51-34-29(44)28(43)24(16-41)49-34/h14,21-34,41-46H,8-13,15-19H2,1-7H3/t21-,22+,23-,24-,25?,26+,27+,28-,29+,30+,31-,32-,33-,34-,36-,37+,38-,39-,40+/m0/s1. The molecule has 52 heavy (non-hydrogen) atoms. The Hall–Kier alpha value is -0.740. The molecule has 0 aromatic heterocycles. The number of ether oxygens (including phenoxy) is 6. The maximum Gasteiger partial charge on any atom is 0.187 e. The Morgan fingerprint density at radius 3 is 2.31 bits per heavy atom. The van der Waals surface area contributed by atoms with Crippen molar-refractivity contribution < 1.29 is 59.1 Å². The van der Waals surface area contributed by atoms with Crippen LogP contribution in [-0.2, 0) is 28.4 Å². The lowest BCUT2D eigenvalue weighted by atomic mass is 9.35. The summed E-state index contributed by atoms with van der Waals surface area (Å²) in [6.07, 6.45) is -0.830. The number of fused-ring (bicyclic) bond motifs is 4. The summed E-state index contributed by atoms with van der Waals surface area (Å²) in [5.41, 5.74) is 0.0593. The van der Waals surface area contributed by atoms with Gasteiger partial charge in [-0.15, -0.1) is 0 Å². The van der Waals surface area contributed by atoms with E-state index >= 15 is 0 Å². The normalized spacial score (nSPS) is 57.8. The Kier molecular flexibility index (Phi) is 9.27. The van der Waals surface area contributed by atoms with Crippen LogP contribution >= 0.6 is 0 Å². The van der Waals surface area contributed by atoms with Crippen molar-refractivity contribution in [2.45, 2.75) is 173 Å². The Bertz CT molecular complexity index is 1400. The van der Waals surface area contributed by atoms with Crippen molar-refractivity contribution in [2.24, 2.45) is 45.3 Å². The lowest BCUT2D eigenvalue weighted by Crippen LogP contribution is -2.67. The van der Waals surface area contributed by atoms with Gasteiger partial charge in [-0.25, -0.2) is 0 Å². The molecule has 0 amide bonds. The molecular formula is C40H64O12. The van der Waals surface area contributed by atoms with E-state index in [4.69, 9.17) is 28.4 Å². The molecule has 6 N–H and O–H groups in total.